The maximum atomic E-state index is 12.2. The lowest BCUT2D eigenvalue weighted by molar-refractivity contribution is 1.08. The molecular formula is C22H21N5O. The van der Waals surface area contributed by atoms with Crippen LogP contribution in [0.25, 0.3) is 22.2 Å². The number of aryl methyl sites for hydroxylation is 3. The van der Waals surface area contributed by atoms with Gasteiger partial charge in [-0.05, 0) is 43.5 Å². The van der Waals surface area contributed by atoms with Gasteiger partial charge in [0, 0.05) is 17.0 Å². The van der Waals surface area contributed by atoms with Gasteiger partial charge in [-0.25, -0.2) is 15.0 Å². The molecular weight excluding hydrogens is 350 g/mol. The minimum Gasteiger partial charge on any atom is -0.294 e. The zero-order valence-electron chi connectivity index (χ0n) is 16.1. The van der Waals surface area contributed by atoms with E-state index in [9.17, 15) is 4.79 Å². The van der Waals surface area contributed by atoms with Crippen LogP contribution in [0.1, 0.15) is 23.7 Å². The number of nitrogens with one attached hydrogen (secondary N) is 2. The van der Waals surface area contributed by atoms with Crippen LogP contribution in [0.5, 0.6) is 0 Å². The molecule has 2 heterocycles. The van der Waals surface area contributed by atoms with Gasteiger partial charge >= 0.3 is 0 Å². The molecule has 6 nitrogen and oxygen atoms in total. The Balaban J connectivity index is 1.73. The fraction of sp³-hybridized carbons (Fsp3) is 0.182. The first-order valence-corrected chi connectivity index (χ1v) is 9.25. The number of aromatic amines is 1. The maximum Gasteiger partial charge on any atom is 0.252 e. The molecule has 4 rings (SSSR count). The minimum absolute atomic E-state index is 0.235. The summed E-state index contributed by atoms with van der Waals surface area (Å²) < 4.78 is 0. The highest BCUT2D eigenvalue weighted by Crippen LogP contribution is 2.23. The van der Waals surface area contributed by atoms with E-state index in [4.69, 9.17) is 0 Å². The van der Waals surface area contributed by atoms with Gasteiger partial charge in [-0.2, -0.15) is 0 Å². The Morgan fingerprint density at radius 1 is 1.00 bits per heavy atom. The van der Waals surface area contributed by atoms with Crippen molar-refractivity contribution in [1.29, 1.82) is 0 Å². The van der Waals surface area contributed by atoms with Crippen molar-refractivity contribution in [3.05, 3.63) is 75.7 Å². The van der Waals surface area contributed by atoms with Gasteiger partial charge in [0.1, 0.15) is 0 Å². The van der Waals surface area contributed by atoms with Crippen molar-refractivity contribution in [1.82, 2.24) is 19.9 Å². The molecule has 0 radical (unpaired) electrons. The van der Waals surface area contributed by atoms with Crippen LogP contribution in [0.4, 0.5) is 11.9 Å². The number of rotatable bonds is 4. The van der Waals surface area contributed by atoms with Crippen molar-refractivity contribution in [2.75, 3.05) is 5.32 Å². The molecule has 0 spiro atoms. The van der Waals surface area contributed by atoms with Crippen LogP contribution in [0.2, 0.25) is 0 Å². The van der Waals surface area contributed by atoms with Crippen LogP contribution < -0.4 is 10.9 Å². The van der Waals surface area contributed by atoms with Crippen molar-refractivity contribution >= 4 is 22.8 Å². The van der Waals surface area contributed by atoms with E-state index >= 15 is 0 Å². The molecule has 0 aliphatic rings. The van der Waals surface area contributed by atoms with Crippen molar-refractivity contribution < 1.29 is 0 Å². The Hall–Kier alpha value is -3.54. The number of benzene rings is 2. The Morgan fingerprint density at radius 2 is 1.82 bits per heavy atom. The second-order valence-electron chi connectivity index (χ2n) is 6.76. The van der Waals surface area contributed by atoms with Crippen LogP contribution in [0, 0.1) is 13.8 Å². The lowest BCUT2D eigenvalue weighted by Crippen LogP contribution is -2.12. The van der Waals surface area contributed by atoms with Gasteiger partial charge < -0.3 is 0 Å². The Bertz CT molecular complexity index is 1230. The first-order valence-electron chi connectivity index (χ1n) is 9.25. The number of fused-ring (bicyclic) bond motifs is 1. The number of aromatic nitrogens is 4. The molecule has 6 heteroatoms. The van der Waals surface area contributed by atoms with E-state index in [2.05, 4.69) is 44.3 Å². The van der Waals surface area contributed by atoms with Crippen LogP contribution in [-0.2, 0) is 6.42 Å². The number of hydrogen-bond acceptors (Lipinski definition) is 5. The SMILES string of the molecule is CCc1ccc2nc(Nc3nc(-c4ccccc4C)cc(=O)[nH]3)nc(C)c2c1. The summed E-state index contributed by atoms with van der Waals surface area (Å²) in [5.41, 5.74) is 5.31. The normalized spacial score (nSPS) is 11.0. The largest absolute Gasteiger partial charge is 0.294 e. The average Bonchev–Trinajstić information content (AvgIpc) is 2.67. The molecule has 0 amide bonds. The molecule has 0 atom stereocenters. The predicted molar refractivity (Wildman–Crippen MR) is 112 cm³/mol. The summed E-state index contributed by atoms with van der Waals surface area (Å²) in [5.74, 6) is 0.717. The third-order valence-electron chi connectivity index (χ3n) is 4.75. The molecule has 0 fully saturated rings. The first kappa shape index (κ1) is 17.9. The Morgan fingerprint density at radius 3 is 2.61 bits per heavy atom. The molecule has 28 heavy (non-hydrogen) atoms. The summed E-state index contributed by atoms with van der Waals surface area (Å²) in [6.07, 6.45) is 0.965. The standard InChI is InChI=1S/C22H21N5O/c1-4-15-9-10-18-17(11-15)14(3)23-21(24-18)27-22-25-19(12-20(28)26-22)16-8-6-5-7-13(16)2/h5-12H,4H2,1-3H3,(H2,23,24,25,26,27,28). The molecule has 0 bridgehead atoms. The van der Waals surface area contributed by atoms with E-state index in [1.165, 1.54) is 11.6 Å². The summed E-state index contributed by atoms with van der Waals surface area (Å²) in [7, 11) is 0. The second-order valence-corrected chi connectivity index (χ2v) is 6.76. The van der Waals surface area contributed by atoms with Gasteiger partial charge in [0.2, 0.25) is 11.9 Å². The first-order chi connectivity index (χ1) is 13.5. The van der Waals surface area contributed by atoms with Gasteiger partial charge in [-0.3, -0.25) is 15.1 Å². The van der Waals surface area contributed by atoms with Gasteiger partial charge in [0.05, 0.1) is 16.9 Å². The predicted octanol–water partition coefficient (Wildman–Crippen LogP) is 4.30. The van der Waals surface area contributed by atoms with Crippen molar-refractivity contribution in [2.24, 2.45) is 0 Å². The van der Waals surface area contributed by atoms with Gasteiger partial charge in [0.25, 0.3) is 5.56 Å². The number of nitrogens with zero attached hydrogens (tertiary/aromatic N) is 3. The summed E-state index contributed by atoms with van der Waals surface area (Å²) in [5, 5.41) is 4.07. The van der Waals surface area contributed by atoms with E-state index in [0.717, 1.165) is 34.1 Å². The molecule has 2 aromatic heterocycles. The molecule has 140 valence electrons. The highest BCUT2D eigenvalue weighted by atomic mass is 16.1. The van der Waals surface area contributed by atoms with Crippen LogP contribution >= 0.6 is 0 Å². The second kappa shape index (κ2) is 7.23. The summed E-state index contributed by atoms with van der Waals surface area (Å²) in [6.45, 7) is 6.07. The van der Waals surface area contributed by atoms with Crippen LogP contribution in [0.15, 0.2) is 53.3 Å². The number of anilines is 2. The average molecular weight is 371 g/mol. The highest BCUT2D eigenvalue weighted by molar-refractivity contribution is 5.82. The molecule has 0 saturated heterocycles. The smallest absolute Gasteiger partial charge is 0.252 e. The van der Waals surface area contributed by atoms with E-state index in [0.29, 0.717) is 17.6 Å². The van der Waals surface area contributed by atoms with E-state index in [1.54, 1.807) is 0 Å². The topological polar surface area (TPSA) is 83.6 Å². The lowest BCUT2D eigenvalue weighted by atomic mass is 10.1. The molecule has 0 aliphatic heterocycles. The Kier molecular flexibility index (Phi) is 4.61. The molecule has 0 aliphatic carbocycles. The van der Waals surface area contributed by atoms with Crippen LogP contribution in [0.3, 0.4) is 0 Å². The fourth-order valence-electron chi connectivity index (χ4n) is 3.23. The molecule has 4 aromatic rings. The third-order valence-corrected chi connectivity index (χ3v) is 4.75. The number of H-pyrrole nitrogens is 1. The van der Waals surface area contributed by atoms with Crippen molar-refractivity contribution in [2.45, 2.75) is 27.2 Å². The monoisotopic (exact) mass is 371 g/mol. The summed E-state index contributed by atoms with van der Waals surface area (Å²) in [4.78, 5) is 28.5. The quantitative estimate of drug-likeness (QED) is 0.559. The number of hydrogen-bond donors (Lipinski definition) is 2. The van der Waals surface area contributed by atoms with Crippen LogP contribution in [-0.4, -0.2) is 19.9 Å². The van der Waals surface area contributed by atoms with E-state index < -0.39 is 0 Å². The third kappa shape index (κ3) is 3.49. The molecule has 0 unspecified atom stereocenters. The summed E-state index contributed by atoms with van der Waals surface area (Å²) in [6, 6.07) is 15.5. The van der Waals surface area contributed by atoms with Gasteiger partial charge in [-0.15, -0.1) is 0 Å². The van der Waals surface area contributed by atoms with Gasteiger partial charge in [-0.1, -0.05) is 37.3 Å². The zero-order valence-corrected chi connectivity index (χ0v) is 16.1. The zero-order chi connectivity index (χ0) is 19.7. The van der Waals surface area contributed by atoms with Crippen molar-refractivity contribution in [3.63, 3.8) is 0 Å². The Labute approximate surface area is 162 Å². The molecule has 2 N–H and O–H groups in total. The van der Waals surface area contributed by atoms with Gasteiger partial charge in [0.15, 0.2) is 0 Å². The lowest BCUT2D eigenvalue weighted by Gasteiger charge is -2.10. The van der Waals surface area contributed by atoms with E-state index in [-0.39, 0.29) is 5.56 Å². The molecule has 0 saturated carbocycles. The highest BCUT2D eigenvalue weighted by Gasteiger charge is 2.10. The minimum atomic E-state index is -0.235. The maximum absolute atomic E-state index is 12.2. The van der Waals surface area contributed by atoms with Crippen molar-refractivity contribution in [3.8, 4) is 11.3 Å². The van der Waals surface area contributed by atoms with E-state index in [1.807, 2.05) is 44.2 Å². The molecule has 2 aromatic carbocycles. The fourth-order valence-corrected chi connectivity index (χ4v) is 3.23. The summed E-state index contributed by atoms with van der Waals surface area (Å²) >= 11 is 0.